The summed E-state index contributed by atoms with van der Waals surface area (Å²) < 4.78 is 0. The first-order valence-corrected chi connectivity index (χ1v) is 4.67. The number of hydrogen-bond acceptors (Lipinski definition) is 5. The van der Waals surface area contributed by atoms with Gasteiger partial charge in [-0.1, -0.05) is 11.8 Å². The van der Waals surface area contributed by atoms with Gasteiger partial charge in [0.05, 0.1) is 18.3 Å². The van der Waals surface area contributed by atoms with E-state index in [-0.39, 0.29) is 5.78 Å². The molecule has 0 saturated carbocycles. The molecule has 0 fully saturated rings. The van der Waals surface area contributed by atoms with Crippen molar-refractivity contribution in [2.75, 3.05) is 6.26 Å². The van der Waals surface area contributed by atoms with E-state index in [0.717, 1.165) is 0 Å². The summed E-state index contributed by atoms with van der Waals surface area (Å²) in [6, 6.07) is 0. The molecule has 0 amide bonds. The van der Waals surface area contributed by atoms with E-state index in [4.69, 9.17) is 0 Å². The van der Waals surface area contributed by atoms with Gasteiger partial charge in [-0.2, -0.15) is 5.10 Å². The maximum Gasteiger partial charge on any atom is 0.208 e. The molecule has 1 rings (SSSR count). The van der Waals surface area contributed by atoms with Crippen molar-refractivity contribution in [2.24, 2.45) is 0 Å². The molecular formula is C7H9N3OS. The third-order valence-corrected chi connectivity index (χ3v) is 1.75. The van der Waals surface area contributed by atoms with Crippen LogP contribution in [0.2, 0.25) is 0 Å². The Morgan fingerprint density at radius 2 is 2.33 bits per heavy atom. The third-order valence-electron chi connectivity index (χ3n) is 1.20. The maximum absolute atomic E-state index is 10.7. The van der Waals surface area contributed by atoms with Gasteiger partial charge < -0.3 is 0 Å². The predicted octanol–water partition coefficient (Wildman–Crippen LogP) is 0.725. The molecule has 1 heterocycles. The van der Waals surface area contributed by atoms with E-state index >= 15 is 0 Å². The second-order valence-electron chi connectivity index (χ2n) is 2.32. The molecule has 1 aromatic heterocycles. The molecule has 0 saturated heterocycles. The van der Waals surface area contributed by atoms with E-state index in [1.807, 2.05) is 6.26 Å². The minimum atomic E-state index is 0.0722. The average Bonchev–Trinajstić information content (AvgIpc) is 2.05. The lowest BCUT2D eigenvalue weighted by Crippen LogP contribution is -2.02. The van der Waals surface area contributed by atoms with Crippen LogP contribution >= 0.6 is 11.8 Å². The number of nitrogens with zero attached hydrogens (tertiary/aromatic N) is 3. The second kappa shape index (κ2) is 4.15. The van der Waals surface area contributed by atoms with Crippen LogP contribution in [0.1, 0.15) is 12.6 Å². The summed E-state index contributed by atoms with van der Waals surface area (Å²) >= 11 is 1.43. The van der Waals surface area contributed by atoms with Crippen LogP contribution in [0, 0.1) is 0 Å². The number of carbonyl (C=O) groups is 1. The van der Waals surface area contributed by atoms with Crippen molar-refractivity contribution in [3.63, 3.8) is 0 Å². The van der Waals surface area contributed by atoms with Gasteiger partial charge >= 0.3 is 0 Å². The lowest BCUT2D eigenvalue weighted by atomic mass is 10.2. The van der Waals surface area contributed by atoms with Crippen molar-refractivity contribution in [3.05, 3.63) is 11.9 Å². The van der Waals surface area contributed by atoms with Crippen molar-refractivity contribution in [1.82, 2.24) is 15.2 Å². The summed E-state index contributed by atoms with van der Waals surface area (Å²) in [4.78, 5) is 14.7. The Morgan fingerprint density at radius 3 is 2.75 bits per heavy atom. The van der Waals surface area contributed by atoms with E-state index in [0.29, 0.717) is 17.3 Å². The van der Waals surface area contributed by atoms with Gasteiger partial charge in [0.2, 0.25) is 5.16 Å². The van der Waals surface area contributed by atoms with Gasteiger partial charge in [-0.25, -0.2) is 4.98 Å². The summed E-state index contributed by atoms with van der Waals surface area (Å²) in [7, 11) is 0. The largest absolute Gasteiger partial charge is 0.300 e. The Balaban J connectivity index is 2.71. The van der Waals surface area contributed by atoms with E-state index in [1.165, 1.54) is 18.7 Å². The van der Waals surface area contributed by atoms with Crippen molar-refractivity contribution in [2.45, 2.75) is 18.5 Å². The van der Waals surface area contributed by atoms with Crippen LogP contribution < -0.4 is 0 Å². The summed E-state index contributed by atoms with van der Waals surface area (Å²) in [6.07, 6.45) is 3.77. The molecule has 12 heavy (non-hydrogen) atoms. The molecule has 0 bridgehead atoms. The number of ketones is 1. The third kappa shape index (κ3) is 2.58. The lowest BCUT2D eigenvalue weighted by Gasteiger charge is -1.95. The van der Waals surface area contributed by atoms with Gasteiger partial charge in [0.25, 0.3) is 0 Å². The number of hydrogen-bond donors (Lipinski definition) is 0. The summed E-state index contributed by atoms with van der Waals surface area (Å²) in [6.45, 7) is 1.52. The number of Topliss-reactive ketones (excluding diaryl/α,β-unsaturated/α-hetero) is 1. The Bertz CT molecular complexity index is 272. The number of carbonyl (C=O) groups excluding carboxylic acids is 1. The highest BCUT2D eigenvalue weighted by molar-refractivity contribution is 7.98. The Hall–Kier alpha value is -0.970. The van der Waals surface area contributed by atoms with Gasteiger partial charge in [-0.3, -0.25) is 4.79 Å². The second-order valence-corrected chi connectivity index (χ2v) is 3.09. The molecule has 0 aliphatic heterocycles. The standard InChI is InChI=1S/C7H9N3OS/c1-5(11)3-6-4-8-7(12-2)10-9-6/h4H,3H2,1-2H3. The molecule has 0 aliphatic rings. The molecule has 0 atom stereocenters. The molecule has 0 aliphatic carbocycles. The first kappa shape index (κ1) is 9.12. The fourth-order valence-electron chi connectivity index (χ4n) is 0.718. The molecule has 0 unspecified atom stereocenters. The highest BCUT2D eigenvalue weighted by atomic mass is 32.2. The minimum Gasteiger partial charge on any atom is -0.300 e. The minimum absolute atomic E-state index is 0.0722. The molecule has 4 nitrogen and oxygen atoms in total. The lowest BCUT2D eigenvalue weighted by molar-refractivity contribution is -0.116. The van der Waals surface area contributed by atoms with E-state index in [9.17, 15) is 4.79 Å². The number of rotatable bonds is 3. The van der Waals surface area contributed by atoms with Crippen LogP contribution in [0.4, 0.5) is 0 Å². The van der Waals surface area contributed by atoms with Crippen LogP contribution in [0.25, 0.3) is 0 Å². The molecule has 5 heteroatoms. The zero-order valence-corrected chi connectivity index (χ0v) is 7.76. The van der Waals surface area contributed by atoms with Gasteiger partial charge in [0, 0.05) is 0 Å². The number of aromatic nitrogens is 3. The molecule has 0 radical (unpaired) electrons. The average molecular weight is 183 g/mol. The van der Waals surface area contributed by atoms with Gasteiger partial charge in [0.1, 0.15) is 5.78 Å². The van der Waals surface area contributed by atoms with Crippen LogP contribution in [0.15, 0.2) is 11.4 Å². The van der Waals surface area contributed by atoms with Gasteiger partial charge in [-0.15, -0.1) is 5.10 Å². The predicted molar refractivity (Wildman–Crippen MR) is 46.0 cm³/mol. The molecule has 64 valence electrons. The first-order chi connectivity index (χ1) is 5.72. The zero-order valence-electron chi connectivity index (χ0n) is 6.94. The summed E-state index contributed by atoms with van der Waals surface area (Å²) in [5, 5.41) is 8.26. The van der Waals surface area contributed by atoms with E-state index in [2.05, 4.69) is 15.2 Å². The molecule has 1 aromatic rings. The molecule has 0 N–H and O–H groups in total. The van der Waals surface area contributed by atoms with E-state index < -0.39 is 0 Å². The molecule has 0 spiro atoms. The van der Waals surface area contributed by atoms with Crippen molar-refractivity contribution in [3.8, 4) is 0 Å². The van der Waals surface area contributed by atoms with Gasteiger partial charge in [-0.05, 0) is 13.2 Å². The number of thioether (sulfide) groups is 1. The van der Waals surface area contributed by atoms with Crippen LogP contribution in [0.5, 0.6) is 0 Å². The van der Waals surface area contributed by atoms with Crippen molar-refractivity contribution in [1.29, 1.82) is 0 Å². The van der Waals surface area contributed by atoms with Crippen molar-refractivity contribution < 1.29 is 4.79 Å². The van der Waals surface area contributed by atoms with E-state index in [1.54, 1.807) is 6.20 Å². The zero-order chi connectivity index (χ0) is 8.97. The van der Waals surface area contributed by atoms with Crippen LogP contribution in [-0.2, 0) is 11.2 Å². The highest BCUT2D eigenvalue weighted by Crippen LogP contribution is 2.04. The monoisotopic (exact) mass is 183 g/mol. The Morgan fingerprint density at radius 1 is 1.58 bits per heavy atom. The Kier molecular flexibility index (Phi) is 3.16. The molecule has 0 aromatic carbocycles. The summed E-state index contributed by atoms with van der Waals surface area (Å²) in [5.74, 6) is 0.0722. The fourth-order valence-corrected chi connectivity index (χ4v) is 0.999. The SMILES string of the molecule is CSc1ncc(CC(C)=O)nn1. The quantitative estimate of drug-likeness (QED) is 0.646. The first-order valence-electron chi connectivity index (χ1n) is 3.44. The normalized spacial score (nSPS) is 9.83. The van der Waals surface area contributed by atoms with Gasteiger partial charge in [0.15, 0.2) is 0 Å². The Labute approximate surface area is 74.8 Å². The highest BCUT2D eigenvalue weighted by Gasteiger charge is 2.00. The topological polar surface area (TPSA) is 55.7 Å². The fraction of sp³-hybridized carbons (Fsp3) is 0.429. The maximum atomic E-state index is 10.7. The summed E-state index contributed by atoms with van der Waals surface area (Å²) in [5.41, 5.74) is 0.625. The van der Waals surface area contributed by atoms with Crippen LogP contribution in [0.3, 0.4) is 0 Å². The van der Waals surface area contributed by atoms with Crippen LogP contribution in [-0.4, -0.2) is 27.2 Å². The van der Waals surface area contributed by atoms with Crippen molar-refractivity contribution >= 4 is 17.5 Å². The smallest absolute Gasteiger partial charge is 0.208 e. The molecular weight excluding hydrogens is 174 g/mol.